The van der Waals surface area contributed by atoms with Gasteiger partial charge >= 0.3 is 0 Å². The third kappa shape index (κ3) is 1.95. The fraction of sp³-hybridized carbons (Fsp3) is 0.909. The normalized spacial score (nSPS) is 54.2. The van der Waals surface area contributed by atoms with E-state index < -0.39 is 0 Å². The molecule has 5 fully saturated rings. The van der Waals surface area contributed by atoms with Crippen molar-refractivity contribution in [1.29, 1.82) is 0 Å². The Kier molecular flexibility index (Phi) is 3.21. The first-order chi connectivity index (χ1) is 11.4. The lowest BCUT2D eigenvalue weighted by atomic mass is 9.45. The molecule has 0 spiro atoms. The van der Waals surface area contributed by atoms with Gasteiger partial charge in [0.1, 0.15) is 11.6 Å². The summed E-state index contributed by atoms with van der Waals surface area (Å²) in [5.41, 5.74) is 0.195. The maximum atomic E-state index is 13.2. The molecule has 0 heterocycles. The Morgan fingerprint density at radius 1 is 0.958 bits per heavy atom. The number of rotatable bonds is 1. The van der Waals surface area contributed by atoms with Gasteiger partial charge in [0.2, 0.25) is 0 Å². The molecule has 5 aliphatic rings. The van der Waals surface area contributed by atoms with Gasteiger partial charge in [-0.25, -0.2) is 0 Å². The molecule has 2 unspecified atom stereocenters. The molecule has 24 heavy (non-hydrogen) atoms. The minimum atomic E-state index is -0.185. The van der Waals surface area contributed by atoms with Crippen LogP contribution < -0.4 is 0 Å². The molecule has 0 saturated heterocycles. The van der Waals surface area contributed by atoms with Gasteiger partial charge in [0, 0.05) is 24.2 Å². The fourth-order valence-corrected chi connectivity index (χ4v) is 7.81. The number of fused-ring (bicyclic) bond motifs is 5. The quantitative estimate of drug-likeness (QED) is 0.692. The molecule has 2 nitrogen and oxygen atoms in total. The zero-order valence-corrected chi connectivity index (χ0v) is 15.4. The topological polar surface area (TPSA) is 34.1 Å². The summed E-state index contributed by atoms with van der Waals surface area (Å²) in [5.74, 6) is 4.33. The van der Waals surface area contributed by atoms with Gasteiger partial charge in [0.05, 0.1) is 0 Å². The zero-order chi connectivity index (χ0) is 16.7. The summed E-state index contributed by atoms with van der Waals surface area (Å²) < 4.78 is 0. The van der Waals surface area contributed by atoms with Crippen LogP contribution in [-0.2, 0) is 9.59 Å². The van der Waals surface area contributed by atoms with Crippen LogP contribution in [0.5, 0.6) is 0 Å². The number of hydrogen-bond acceptors (Lipinski definition) is 2. The fourth-order valence-electron chi connectivity index (χ4n) is 7.81. The average Bonchev–Trinajstić information content (AvgIpc) is 3.32. The van der Waals surface area contributed by atoms with Crippen LogP contribution in [0.3, 0.4) is 0 Å². The van der Waals surface area contributed by atoms with Gasteiger partial charge in [-0.2, -0.15) is 0 Å². The number of ketones is 2. The molecule has 2 heteroatoms. The molecule has 0 aromatic heterocycles. The van der Waals surface area contributed by atoms with Crippen LogP contribution >= 0.6 is 0 Å². The molecular weight excluding hydrogens is 296 g/mol. The molecule has 0 aromatic rings. The SMILES string of the molecule is C[C@]12CC[C@@H]3[C@@H](C(=O)CC4CCCC(=O)[C@@]43C)[C@@H]1CC(C1CC1)C2. The van der Waals surface area contributed by atoms with E-state index in [1.165, 1.54) is 32.1 Å². The highest BCUT2D eigenvalue weighted by molar-refractivity contribution is 5.91. The number of hydrogen-bond donors (Lipinski definition) is 0. The molecular formula is C22H32O2. The number of carbonyl (C=O) groups excluding carboxylic acids is 2. The highest BCUT2D eigenvalue weighted by Crippen LogP contribution is 2.67. The van der Waals surface area contributed by atoms with Crippen LogP contribution in [0.25, 0.3) is 0 Å². The van der Waals surface area contributed by atoms with E-state index in [0.717, 1.165) is 37.5 Å². The maximum absolute atomic E-state index is 13.2. The second-order valence-electron chi connectivity index (χ2n) is 10.4. The molecule has 0 bridgehead atoms. The molecule has 5 rings (SSSR count). The van der Waals surface area contributed by atoms with Crippen LogP contribution in [0.2, 0.25) is 0 Å². The Hall–Kier alpha value is -0.660. The Bertz CT molecular complexity index is 591. The Morgan fingerprint density at radius 3 is 2.50 bits per heavy atom. The smallest absolute Gasteiger partial charge is 0.139 e. The minimum Gasteiger partial charge on any atom is -0.299 e. The van der Waals surface area contributed by atoms with Gasteiger partial charge in [0.15, 0.2) is 0 Å². The predicted molar refractivity (Wildman–Crippen MR) is 93.3 cm³/mol. The van der Waals surface area contributed by atoms with Crippen molar-refractivity contribution in [3.63, 3.8) is 0 Å². The standard InChI is InChI=1S/C22H32O2/c1-21-9-8-16-20(17(21)10-14(12-21)13-6-7-13)18(23)11-15-4-3-5-19(24)22(15,16)2/h13-17,20H,3-12H2,1-2H3/t14?,15?,16-,17+,20-,21-,22+/m1/s1. The van der Waals surface area contributed by atoms with Crippen LogP contribution in [0.1, 0.15) is 78.1 Å². The molecule has 0 N–H and O–H groups in total. The second kappa shape index (κ2) is 4.95. The van der Waals surface area contributed by atoms with Crippen LogP contribution in [0.4, 0.5) is 0 Å². The summed E-state index contributed by atoms with van der Waals surface area (Å²) >= 11 is 0. The van der Waals surface area contributed by atoms with E-state index in [0.29, 0.717) is 41.2 Å². The van der Waals surface area contributed by atoms with Crippen molar-refractivity contribution < 1.29 is 9.59 Å². The van der Waals surface area contributed by atoms with E-state index in [-0.39, 0.29) is 11.3 Å². The first-order valence-electron chi connectivity index (χ1n) is 10.5. The minimum absolute atomic E-state index is 0.185. The summed E-state index contributed by atoms with van der Waals surface area (Å²) in [6.45, 7) is 4.72. The van der Waals surface area contributed by atoms with Crippen molar-refractivity contribution in [3.8, 4) is 0 Å². The third-order valence-electron chi connectivity index (χ3n) is 9.36. The van der Waals surface area contributed by atoms with E-state index in [2.05, 4.69) is 13.8 Å². The van der Waals surface area contributed by atoms with Gasteiger partial charge in [-0.15, -0.1) is 0 Å². The van der Waals surface area contributed by atoms with Gasteiger partial charge in [-0.1, -0.05) is 13.8 Å². The first-order valence-corrected chi connectivity index (χ1v) is 10.5. The lowest BCUT2D eigenvalue weighted by molar-refractivity contribution is -0.163. The van der Waals surface area contributed by atoms with Crippen molar-refractivity contribution in [2.24, 2.45) is 46.3 Å². The lowest BCUT2D eigenvalue weighted by Gasteiger charge is -2.57. The van der Waals surface area contributed by atoms with E-state index in [4.69, 9.17) is 0 Å². The predicted octanol–water partition coefficient (Wildman–Crippen LogP) is 4.80. The van der Waals surface area contributed by atoms with E-state index in [1.54, 1.807) is 0 Å². The van der Waals surface area contributed by atoms with Gasteiger partial charge in [-0.05, 0) is 86.4 Å². The molecule has 132 valence electrons. The number of Topliss-reactive ketones (excluding diaryl/α,β-unsaturated/α-hetero) is 2. The zero-order valence-electron chi connectivity index (χ0n) is 15.4. The number of carbonyl (C=O) groups is 2. The molecule has 5 saturated carbocycles. The summed E-state index contributed by atoms with van der Waals surface area (Å²) in [6, 6.07) is 0. The Labute approximate surface area is 146 Å². The van der Waals surface area contributed by atoms with Crippen LogP contribution in [0, 0.1) is 46.3 Å². The molecule has 0 amide bonds. The van der Waals surface area contributed by atoms with Crippen molar-refractivity contribution >= 4 is 11.6 Å². The monoisotopic (exact) mass is 328 g/mol. The van der Waals surface area contributed by atoms with Crippen molar-refractivity contribution in [2.75, 3.05) is 0 Å². The van der Waals surface area contributed by atoms with Gasteiger partial charge in [0.25, 0.3) is 0 Å². The van der Waals surface area contributed by atoms with E-state index in [1.807, 2.05) is 0 Å². The third-order valence-corrected chi connectivity index (χ3v) is 9.36. The Balaban J connectivity index is 1.51. The first kappa shape index (κ1) is 15.6. The summed E-state index contributed by atoms with van der Waals surface area (Å²) in [4.78, 5) is 26.2. The van der Waals surface area contributed by atoms with Crippen molar-refractivity contribution in [3.05, 3.63) is 0 Å². The summed E-state index contributed by atoms with van der Waals surface area (Å²) in [6.07, 6.45) is 11.4. The van der Waals surface area contributed by atoms with Crippen molar-refractivity contribution in [2.45, 2.75) is 78.1 Å². The average molecular weight is 328 g/mol. The molecule has 0 aliphatic heterocycles. The summed E-state index contributed by atoms with van der Waals surface area (Å²) in [5, 5.41) is 0. The van der Waals surface area contributed by atoms with Gasteiger partial charge < -0.3 is 0 Å². The molecule has 0 aromatic carbocycles. The lowest BCUT2D eigenvalue weighted by Crippen LogP contribution is -2.58. The largest absolute Gasteiger partial charge is 0.299 e. The highest BCUT2D eigenvalue weighted by atomic mass is 16.1. The van der Waals surface area contributed by atoms with E-state index in [9.17, 15) is 9.59 Å². The maximum Gasteiger partial charge on any atom is 0.139 e. The van der Waals surface area contributed by atoms with Crippen molar-refractivity contribution in [1.82, 2.24) is 0 Å². The second-order valence-corrected chi connectivity index (χ2v) is 10.4. The molecule has 0 radical (unpaired) electrons. The Morgan fingerprint density at radius 2 is 1.75 bits per heavy atom. The van der Waals surface area contributed by atoms with Crippen LogP contribution in [0.15, 0.2) is 0 Å². The summed E-state index contributed by atoms with van der Waals surface area (Å²) in [7, 11) is 0. The molecule has 7 atom stereocenters. The molecule has 5 aliphatic carbocycles. The van der Waals surface area contributed by atoms with Gasteiger partial charge in [-0.3, -0.25) is 9.59 Å². The van der Waals surface area contributed by atoms with Crippen LogP contribution in [-0.4, -0.2) is 11.6 Å². The van der Waals surface area contributed by atoms with E-state index >= 15 is 0 Å². The highest BCUT2D eigenvalue weighted by Gasteiger charge is 2.64.